The summed E-state index contributed by atoms with van der Waals surface area (Å²) in [6.45, 7) is 3.56. The van der Waals surface area contributed by atoms with Gasteiger partial charge in [-0.2, -0.15) is 0 Å². The van der Waals surface area contributed by atoms with Crippen LogP contribution in [0, 0.1) is 11.8 Å². The van der Waals surface area contributed by atoms with Crippen LogP contribution >= 0.6 is 0 Å². The molecule has 28 heavy (non-hydrogen) atoms. The highest BCUT2D eigenvalue weighted by Gasteiger charge is 2.46. The molecule has 0 heterocycles. The predicted molar refractivity (Wildman–Crippen MR) is 103 cm³/mol. The maximum absolute atomic E-state index is 14.0. The molecule has 0 bridgehead atoms. The monoisotopic (exact) mass is 402 g/mol. The quantitative estimate of drug-likeness (QED) is 0.360. The molecule has 0 saturated heterocycles. The van der Waals surface area contributed by atoms with Crippen molar-refractivity contribution in [2.24, 2.45) is 11.8 Å². The Morgan fingerprint density at radius 2 is 1.25 bits per heavy atom. The molecule has 2 aliphatic carbocycles. The average molecular weight is 403 g/mol. The first-order chi connectivity index (χ1) is 13.4. The molecule has 0 amide bonds. The zero-order valence-corrected chi connectivity index (χ0v) is 17.4. The van der Waals surface area contributed by atoms with Gasteiger partial charge in [0.05, 0.1) is 0 Å². The van der Waals surface area contributed by atoms with E-state index in [0.717, 1.165) is 12.8 Å². The summed E-state index contributed by atoms with van der Waals surface area (Å²) in [6.07, 6.45) is 6.01. The molecule has 0 aromatic heterocycles. The second kappa shape index (κ2) is 11.1. The Morgan fingerprint density at radius 3 is 1.68 bits per heavy atom. The molecule has 2 rings (SSSR count). The Kier molecular flexibility index (Phi) is 9.16. The van der Waals surface area contributed by atoms with Crippen molar-refractivity contribution in [3.8, 4) is 0 Å². The highest BCUT2D eigenvalue weighted by molar-refractivity contribution is 5.77. The van der Waals surface area contributed by atoms with Crippen molar-refractivity contribution in [3.63, 3.8) is 0 Å². The molecule has 0 spiro atoms. The van der Waals surface area contributed by atoms with E-state index in [9.17, 15) is 18.4 Å². The van der Waals surface area contributed by atoms with Crippen LogP contribution in [0.2, 0.25) is 0 Å². The lowest BCUT2D eigenvalue weighted by Gasteiger charge is -2.42. The summed E-state index contributed by atoms with van der Waals surface area (Å²) in [5.41, 5.74) is 0. The fraction of sp³-hybridized carbons (Fsp3) is 0.909. The van der Waals surface area contributed by atoms with Gasteiger partial charge in [-0.3, -0.25) is 0 Å². The van der Waals surface area contributed by atoms with Gasteiger partial charge in [-0.1, -0.05) is 58.8 Å². The summed E-state index contributed by atoms with van der Waals surface area (Å²) < 4.78 is 38.8. The lowest BCUT2D eigenvalue weighted by molar-refractivity contribution is -0.248. The van der Waals surface area contributed by atoms with Crippen LogP contribution in [0.3, 0.4) is 0 Å². The van der Waals surface area contributed by atoms with Gasteiger partial charge in [-0.05, 0) is 37.5 Å². The average Bonchev–Trinajstić information content (AvgIpc) is 2.69. The molecule has 0 aromatic rings. The van der Waals surface area contributed by atoms with E-state index in [2.05, 4.69) is 0 Å². The van der Waals surface area contributed by atoms with E-state index in [0.29, 0.717) is 37.5 Å². The number of ether oxygens (including phenoxy) is 2. The zero-order valence-electron chi connectivity index (χ0n) is 17.4. The molecule has 0 unspecified atom stereocenters. The summed E-state index contributed by atoms with van der Waals surface area (Å²) in [5.74, 6) is -2.37. The minimum atomic E-state index is -1.74. The molecule has 0 radical (unpaired) electrons. The standard InChI is InChI=1S/C22H36F2O4/c1-3-8-18(23)20(25)27-22(28-21(26)19(24)9-4-2)14-12-17(13-15-22)16-10-6-5-7-11-16/h16-19H,3-15H2,1-2H3/t18-,19-/m0/s1. The van der Waals surface area contributed by atoms with Gasteiger partial charge in [0.1, 0.15) is 0 Å². The van der Waals surface area contributed by atoms with Gasteiger partial charge in [-0.25, -0.2) is 18.4 Å². The molecular formula is C22H36F2O4. The van der Waals surface area contributed by atoms with E-state index >= 15 is 0 Å². The van der Waals surface area contributed by atoms with Crippen molar-refractivity contribution in [2.45, 2.75) is 115 Å². The van der Waals surface area contributed by atoms with E-state index in [1.54, 1.807) is 13.8 Å². The number of hydrogen-bond donors (Lipinski definition) is 0. The van der Waals surface area contributed by atoms with Gasteiger partial charge in [0.25, 0.3) is 5.79 Å². The van der Waals surface area contributed by atoms with Crippen LogP contribution in [-0.4, -0.2) is 30.1 Å². The third kappa shape index (κ3) is 6.41. The number of carbonyl (C=O) groups excluding carboxylic acids is 2. The Hall–Kier alpha value is -1.20. The van der Waals surface area contributed by atoms with Crippen LogP contribution in [0.5, 0.6) is 0 Å². The van der Waals surface area contributed by atoms with Crippen molar-refractivity contribution in [1.29, 1.82) is 0 Å². The van der Waals surface area contributed by atoms with Crippen molar-refractivity contribution in [3.05, 3.63) is 0 Å². The van der Waals surface area contributed by atoms with E-state index in [4.69, 9.17) is 9.47 Å². The van der Waals surface area contributed by atoms with E-state index in [1.165, 1.54) is 32.1 Å². The first-order valence-corrected chi connectivity index (χ1v) is 11.1. The highest BCUT2D eigenvalue weighted by atomic mass is 19.1. The van der Waals surface area contributed by atoms with Crippen LogP contribution in [0.25, 0.3) is 0 Å². The molecule has 0 N–H and O–H groups in total. The predicted octanol–water partition coefficient (Wildman–Crippen LogP) is 5.82. The third-order valence-electron chi connectivity index (χ3n) is 6.28. The molecule has 0 aliphatic heterocycles. The van der Waals surface area contributed by atoms with E-state index in [-0.39, 0.29) is 12.8 Å². The fourth-order valence-electron chi connectivity index (χ4n) is 4.62. The number of rotatable bonds is 9. The van der Waals surface area contributed by atoms with Crippen LogP contribution in [0.15, 0.2) is 0 Å². The molecule has 6 heteroatoms. The second-order valence-corrected chi connectivity index (χ2v) is 8.50. The van der Waals surface area contributed by atoms with Gasteiger partial charge in [-0.15, -0.1) is 0 Å². The smallest absolute Gasteiger partial charge is 0.343 e. The maximum atomic E-state index is 14.0. The van der Waals surface area contributed by atoms with Crippen LogP contribution in [-0.2, 0) is 19.1 Å². The maximum Gasteiger partial charge on any atom is 0.343 e. The molecule has 2 saturated carbocycles. The van der Waals surface area contributed by atoms with Gasteiger partial charge in [0.2, 0.25) is 0 Å². The first kappa shape index (κ1) is 23.1. The number of alkyl halides is 2. The fourth-order valence-corrected chi connectivity index (χ4v) is 4.62. The lowest BCUT2D eigenvalue weighted by Crippen LogP contribution is -2.47. The Balaban J connectivity index is 2.04. The number of esters is 2. The Labute approximate surface area is 167 Å². The lowest BCUT2D eigenvalue weighted by atomic mass is 9.72. The van der Waals surface area contributed by atoms with Gasteiger partial charge >= 0.3 is 11.9 Å². The Bertz CT molecular complexity index is 469. The topological polar surface area (TPSA) is 52.6 Å². The van der Waals surface area contributed by atoms with Crippen molar-refractivity contribution < 1.29 is 27.8 Å². The third-order valence-corrected chi connectivity index (χ3v) is 6.28. The van der Waals surface area contributed by atoms with Crippen LogP contribution < -0.4 is 0 Å². The van der Waals surface area contributed by atoms with E-state index < -0.39 is 30.1 Å². The van der Waals surface area contributed by atoms with Gasteiger partial charge in [0.15, 0.2) is 12.3 Å². The van der Waals surface area contributed by atoms with Gasteiger partial charge < -0.3 is 9.47 Å². The van der Waals surface area contributed by atoms with Crippen molar-refractivity contribution in [2.75, 3.05) is 0 Å². The first-order valence-electron chi connectivity index (χ1n) is 11.1. The number of halogens is 2. The van der Waals surface area contributed by atoms with Gasteiger partial charge in [0, 0.05) is 12.8 Å². The van der Waals surface area contributed by atoms with Crippen LogP contribution in [0.4, 0.5) is 8.78 Å². The molecule has 0 aromatic carbocycles. The molecule has 2 atom stereocenters. The summed E-state index contributed by atoms with van der Waals surface area (Å²) in [5, 5.41) is 0. The molecular weight excluding hydrogens is 366 g/mol. The summed E-state index contributed by atoms with van der Waals surface area (Å²) >= 11 is 0. The zero-order chi connectivity index (χ0) is 20.6. The molecule has 162 valence electrons. The Morgan fingerprint density at radius 1 is 0.821 bits per heavy atom. The van der Waals surface area contributed by atoms with Crippen LogP contribution in [0.1, 0.15) is 97.3 Å². The van der Waals surface area contributed by atoms with E-state index in [1.807, 2.05) is 0 Å². The normalized spacial score (nSPS) is 23.0. The minimum Gasteiger partial charge on any atom is -0.420 e. The van der Waals surface area contributed by atoms with Crippen molar-refractivity contribution in [1.82, 2.24) is 0 Å². The largest absolute Gasteiger partial charge is 0.420 e. The minimum absolute atomic E-state index is 0.0646. The SMILES string of the molecule is CCC[C@H](F)C(=O)OC1(OC(=O)[C@@H](F)CCC)CCC(C2CCCCC2)CC1. The molecule has 2 fully saturated rings. The second-order valence-electron chi connectivity index (χ2n) is 8.50. The number of carbonyl (C=O) groups is 2. The molecule has 4 nitrogen and oxygen atoms in total. The number of hydrogen-bond acceptors (Lipinski definition) is 4. The van der Waals surface area contributed by atoms with Crippen molar-refractivity contribution >= 4 is 11.9 Å². The summed E-state index contributed by atoms with van der Waals surface area (Å²) in [6, 6.07) is 0. The molecule has 2 aliphatic rings. The summed E-state index contributed by atoms with van der Waals surface area (Å²) in [4.78, 5) is 24.4. The highest BCUT2D eigenvalue weighted by Crippen LogP contribution is 2.43. The summed E-state index contributed by atoms with van der Waals surface area (Å²) in [7, 11) is 0.